The Hall–Kier alpha value is -2.62. The molecule has 2 aromatic rings. The number of aliphatic hydroxyl groups excluding tert-OH is 1. The third kappa shape index (κ3) is 8.71. The van der Waals surface area contributed by atoms with Gasteiger partial charge in [0.1, 0.15) is 17.6 Å². The molecule has 7 nitrogen and oxygen atoms in total. The van der Waals surface area contributed by atoms with Crippen LogP contribution in [0.15, 0.2) is 42.5 Å². The molecular weight excluding hydrogens is 553 g/mol. The summed E-state index contributed by atoms with van der Waals surface area (Å²) in [7, 11) is 1.69. The molecule has 42 heavy (non-hydrogen) atoms. The zero-order valence-electron chi connectivity index (χ0n) is 25.2. The number of carbonyl (C=O) groups excluding carboxylic acids is 2. The zero-order valence-corrected chi connectivity index (χ0v) is 26.0. The van der Waals surface area contributed by atoms with Gasteiger partial charge in [-0.3, -0.25) is 9.59 Å². The second-order valence-corrected chi connectivity index (χ2v) is 12.6. The number of hydrogen-bond donors (Lipinski definition) is 3. The Morgan fingerprint density at radius 2 is 2.00 bits per heavy atom. The van der Waals surface area contributed by atoms with E-state index in [1.165, 1.54) is 23.3 Å². The van der Waals surface area contributed by atoms with E-state index in [1.807, 2.05) is 6.26 Å². The predicted molar refractivity (Wildman–Crippen MR) is 166 cm³/mol. The van der Waals surface area contributed by atoms with Gasteiger partial charge in [0.15, 0.2) is 0 Å². The van der Waals surface area contributed by atoms with Crippen LogP contribution >= 0.6 is 11.8 Å². The van der Waals surface area contributed by atoms with Gasteiger partial charge < -0.3 is 25.4 Å². The Morgan fingerprint density at radius 1 is 1.19 bits per heavy atom. The first-order valence-corrected chi connectivity index (χ1v) is 16.6. The monoisotopic (exact) mass is 599 g/mol. The third-order valence-electron chi connectivity index (χ3n) is 8.53. The summed E-state index contributed by atoms with van der Waals surface area (Å²) < 4.78 is 20.4. The lowest BCUT2D eigenvalue weighted by atomic mass is 9.97. The van der Waals surface area contributed by atoms with E-state index in [-0.39, 0.29) is 30.3 Å². The first kappa shape index (κ1) is 32.3. The molecule has 4 rings (SSSR count). The first-order valence-electron chi connectivity index (χ1n) is 15.2. The Bertz CT molecular complexity index is 1210. The van der Waals surface area contributed by atoms with Crippen LogP contribution < -0.4 is 15.4 Å². The number of fused-ring (bicyclic) bond motifs is 2. The summed E-state index contributed by atoms with van der Waals surface area (Å²) in [5, 5.41) is 18.1. The quantitative estimate of drug-likeness (QED) is 0.391. The SMILES string of the molecule is CCc1cccc(C2(NCC(O)C3Cc4cc(F)cc(c4)OCCCCCC(=O)N(C)C(CCSC)C(=O)N3)CC2)c1. The molecule has 2 aromatic carbocycles. The Morgan fingerprint density at radius 3 is 2.74 bits per heavy atom. The van der Waals surface area contributed by atoms with Crippen molar-refractivity contribution in [2.24, 2.45) is 0 Å². The van der Waals surface area contributed by atoms with Gasteiger partial charge >= 0.3 is 0 Å². The molecule has 3 atom stereocenters. The van der Waals surface area contributed by atoms with Crippen molar-refractivity contribution < 1.29 is 23.8 Å². The van der Waals surface area contributed by atoms with E-state index in [2.05, 4.69) is 41.8 Å². The van der Waals surface area contributed by atoms with E-state index in [0.29, 0.717) is 42.9 Å². The minimum Gasteiger partial charge on any atom is -0.493 e. The highest BCUT2D eigenvalue weighted by Gasteiger charge is 2.44. The molecule has 0 spiro atoms. The molecule has 2 aliphatic rings. The number of aryl methyl sites for hydroxylation is 1. The van der Waals surface area contributed by atoms with Gasteiger partial charge in [-0.15, -0.1) is 0 Å². The zero-order chi connectivity index (χ0) is 30.1. The number of ether oxygens (including phenoxy) is 1. The number of benzene rings is 2. The highest BCUT2D eigenvalue weighted by atomic mass is 32.2. The van der Waals surface area contributed by atoms with Crippen molar-refractivity contribution in [3.63, 3.8) is 0 Å². The Kier molecular flexibility index (Phi) is 11.7. The highest BCUT2D eigenvalue weighted by molar-refractivity contribution is 7.98. The number of halogens is 1. The average Bonchev–Trinajstić information content (AvgIpc) is 3.78. The molecule has 1 aliphatic heterocycles. The number of nitrogens with one attached hydrogen (secondary N) is 2. The number of carbonyl (C=O) groups is 2. The van der Waals surface area contributed by atoms with Gasteiger partial charge in [-0.1, -0.05) is 31.2 Å². The van der Waals surface area contributed by atoms with E-state index in [1.54, 1.807) is 29.8 Å². The van der Waals surface area contributed by atoms with Crippen molar-refractivity contribution in [1.82, 2.24) is 15.5 Å². The lowest BCUT2D eigenvalue weighted by Gasteiger charge is -2.32. The van der Waals surface area contributed by atoms with Crippen LogP contribution in [0, 0.1) is 5.82 Å². The van der Waals surface area contributed by atoms with Crippen LogP contribution in [-0.4, -0.2) is 72.2 Å². The van der Waals surface area contributed by atoms with Crippen LogP contribution in [0.3, 0.4) is 0 Å². The van der Waals surface area contributed by atoms with E-state index in [9.17, 15) is 19.1 Å². The molecular formula is C33H46FN3O4S. The highest BCUT2D eigenvalue weighted by Crippen LogP contribution is 2.45. The maximum Gasteiger partial charge on any atom is 0.243 e. The second-order valence-electron chi connectivity index (χ2n) is 11.7. The van der Waals surface area contributed by atoms with Crippen LogP contribution in [-0.2, 0) is 28.0 Å². The van der Waals surface area contributed by atoms with Crippen LogP contribution in [0.1, 0.15) is 68.6 Å². The van der Waals surface area contributed by atoms with Gasteiger partial charge in [-0.05, 0) is 92.2 Å². The number of aliphatic hydroxyl groups is 1. The number of rotatable bonds is 9. The Labute approximate surface area is 254 Å². The maximum atomic E-state index is 14.6. The molecule has 1 heterocycles. The molecule has 0 saturated heterocycles. The van der Waals surface area contributed by atoms with E-state index >= 15 is 0 Å². The molecule has 1 fully saturated rings. The summed E-state index contributed by atoms with van der Waals surface area (Å²) in [6.45, 7) is 2.82. The standard InChI is InChI=1S/C33H46FN3O4S/c1-4-23-9-8-10-25(17-23)33(13-14-33)35-22-30(38)28-20-24-18-26(34)21-27(19-24)41-15-7-5-6-11-31(39)37(2)29(12-16-42-3)32(40)36-28/h8-10,17-19,21,28-30,35,38H,4-7,11-16,20,22H2,1-3H3,(H,36,40). The fraction of sp³-hybridized carbons (Fsp3) is 0.576. The van der Waals surface area contributed by atoms with Gasteiger partial charge in [0.2, 0.25) is 11.8 Å². The molecule has 9 heteroatoms. The molecule has 2 bridgehead atoms. The lowest BCUT2D eigenvalue weighted by molar-refractivity contribution is -0.139. The van der Waals surface area contributed by atoms with Crippen molar-refractivity contribution in [2.75, 3.05) is 32.2 Å². The normalized spacial score (nSPS) is 22.3. The summed E-state index contributed by atoms with van der Waals surface area (Å²) in [5.74, 6) is 0.350. The summed E-state index contributed by atoms with van der Waals surface area (Å²) in [5.41, 5.74) is 2.91. The van der Waals surface area contributed by atoms with Gasteiger partial charge in [0, 0.05) is 31.6 Å². The molecule has 1 aliphatic carbocycles. The molecule has 1 saturated carbocycles. The van der Waals surface area contributed by atoms with Gasteiger partial charge in [-0.2, -0.15) is 11.8 Å². The molecule has 0 radical (unpaired) electrons. The fourth-order valence-corrected chi connectivity index (χ4v) is 6.15. The van der Waals surface area contributed by atoms with E-state index in [4.69, 9.17) is 4.74 Å². The summed E-state index contributed by atoms with van der Waals surface area (Å²) >= 11 is 1.62. The first-order chi connectivity index (χ1) is 20.2. The molecule has 3 N–H and O–H groups in total. The largest absolute Gasteiger partial charge is 0.493 e. The average molecular weight is 600 g/mol. The van der Waals surface area contributed by atoms with E-state index < -0.39 is 24.0 Å². The summed E-state index contributed by atoms with van der Waals surface area (Å²) in [4.78, 5) is 28.3. The molecule has 0 aromatic heterocycles. The number of hydrogen-bond acceptors (Lipinski definition) is 6. The van der Waals surface area contributed by atoms with Crippen LogP contribution in [0.5, 0.6) is 5.75 Å². The lowest BCUT2D eigenvalue weighted by Crippen LogP contribution is -2.55. The minimum atomic E-state index is -0.950. The smallest absolute Gasteiger partial charge is 0.243 e. The minimum absolute atomic E-state index is 0.0692. The molecule has 3 unspecified atom stereocenters. The van der Waals surface area contributed by atoms with Gasteiger partial charge in [0.05, 0.1) is 18.8 Å². The fourth-order valence-electron chi connectivity index (χ4n) is 5.69. The number of amides is 2. The molecule has 2 amide bonds. The van der Waals surface area contributed by atoms with Crippen molar-refractivity contribution in [1.29, 1.82) is 0 Å². The van der Waals surface area contributed by atoms with Gasteiger partial charge in [0.25, 0.3) is 0 Å². The topological polar surface area (TPSA) is 90.9 Å². The number of likely N-dealkylation sites (N-methyl/N-ethyl adjacent to an activating group) is 1. The predicted octanol–water partition coefficient (Wildman–Crippen LogP) is 4.59. The van der Waals surface area contributed by atoms with Crippen molar-refractivity contribution >= 4 is 23.6 Å². The third-order valence-corrected chi connectivity index (χ3v) is 9.17. The van der Waals surface area contributed by atoms with Crippen LogP contribution in [0.2, 0.25) is 0 Å². The number of nitrogens with zero attached hydrogens (tertiary/aromatic N) is 1. The maximum absolute atomic E-state index is 14.6. The van der Waals surface area contributed by atoms with Crippen LogP contribution in [0.4, 0.5) is 4.39 Å². The van der Waals surface area contributed by atoms with Crippen molar-refractivity contribution in [2.45, 2.75) is 88.4 Å². The van der Waals surface area contributed by atoms with Crippen molar-refractivity contribution in [3.05, 3.63) is 65.0 Å². The number of thioether (sulfide) groups is 1. The van der Waals surface area contributed by atoms with Gasteiger partial charge in [-0.25, -0.2) is 4.39 Å². The van der Waals surface area contributed by atoms with Crippen LogP contribution in [0.25, 0.3) is 0 Å². The molecule has 230 valence electrons. The summed E-state index contributed by atoms with van der Waals surface area (Å²) in [6.07, 6.45) is 7.22. The van der Waals surface area contributed by atoms with Crippen molar-refractivity contribution in [3.8, 4) is 5.75 Å². The second kappa shape index (κ2) is 15.2. The summed E-state index contributed by atoms with van der Waals surface area (Å²) in [6, 6.07) is 11.7. The van der Waals surface area contributed by atoms with E-state index in [0.717, 1.165) is 32.1 Å². The Balaban J connectivity index is 1.57.